The van der Waals surface area contributed by atoms with Crippen LogP contribution in [0.25, 0.3) is 11.1 Å². The Bertz CT molecular complexity index is 1530. The normalized spacial score (nSPS) is 12.1. The Kier molecular flexibility index (Phi) is 8.53. The standard InChI is InChI=1S/C30H36N4O4S/c1-19-25(20-9-11-24(12-10-20)39(36,37)33-18-29(2,3)4)15-23(17-32-19)34-28(35)26-14-22(30(5,6)7)13-21(16-31)27(26)38-8/h9-15,17,33H,18H2,1-8H3,(H,34,35). The van der Waals surface area contributed by atoms with Crippen LogP contribution in [0.2, 0.25) is 0 Å². The summed E-state index contributed by atoms with van der Waals surface area (Å²) >= 11 is 0. The summed E-state index contributed by atoms with van der Waals surface area (Å²) in [7, 11) is -2.21. The number of aromatic nitrogens is 1. The first-order chi connectivity index (χ1) is 18.1. The Morgan fingerprint density at radius 2 is 1.69 bits per heavy atom. The predicted octanol–water partition coefficient (Wildman–Crippen LogP) is 5.81. The lowest BCUT2D eigenvalue weighted by atomic mass is 9.84. The van der Waals surface area contributed by atoms with Crippen molar-refractivity contribution in [3.05, 3.63) is 71.0 Å². The molecule has 3 rings (SSSR count). The molecule has 2 N–H and O–H groups in total. The maximum absolute atomic E-state index is 13.4. The predicted molar refractivity (Wildman–Crippen MR) is 153 cm³/mol. The van der Waals surface area contributed by atoms with E-state index in [1.165, 1.54) is 7.11 Å². The van der Waals surface area contributed by atoms with Crippen LogP contribution in [0.3, 0.4) is 0 Å². The van der Waals surface area contributed by atoms with Gasteiger partial charge in [0, 0.05) is 17.8 Å². The number of sulfonamides is 1. The molecule has 1 aromatic heterocycles. The van der Waals surface area contributed by atoms with Crippen LogP contribution in [0.1, 0.15) is 68.7 Å². The van der Waals surface area contributed by atoms with Crippen LogP contribution in [-0.2, 0) is 15.4 Å². The second-order valence-corrected chi connectivity index (χ2v) is 13.5. The lowest BCUT2D eigenvalue weighted by Crippen LogP contribution is -2.32. The number of methoxy groups -OCH3 is 1. The van der Waals surface area contributed by atoms with Gasteiger partial charge >= 0.3 is 0 Å². The lowest BCUT2D eigenvalue weighted by Gasteiger charge is -2.22. The fourth-order valence-corrected chi connectivity index (χ4v) is 5.12. The number of nitrogens with zero attached hydrogens (tertiary/aromatic N) is 2. The minimum absolute atomic E-state index is 0.171. The van der Waals surface area contributed by atoms with E-state index in [4.69, 9.17) is 4.74 Å². The lowest BCUT2D eigenvalue weighted by molar-refractivity contribution is 0.102. The molecular weight excluding hydrogens is 512 g/mol. The van der Waals surface area contributed by atoms with Gasteiger partial charge in [-0.15, -0.1) is 0 Å². The Labute approximate surface area is 231 Å². The fourth-order valence-electron chi connectivity index (χ4n) is 3.83. The number of carbonyl (C=O) groups excluding carboxylic acids is 1. The summed E-state index contributed by atoms with van der Waals surface area (Å²) in [6, 6.07) is 13.9. The minimum atomic E-state index is -3.64. The molecule has 0 bridgehead atoms. The molecule has 0 spiro atoms. The van der Waals surface area contributed by atoms with Crippen molar-refractivity contribution in [1.82, 2.24) is 9.71 Å². The van der Waals surface area contributed by atoms with Crippen LogP contribution in [0.4, 0.5) is 5.69 Å². The summed E-state index contributed by atoms with van der Waals surface area (Å²) in [6.07, 6.45) is 1.55. The molecule has 0 aliphatic carbocycles. The molecule has 3 aromatic rings. The van der Waals surface area contributed by atoms with Crippen LogP contribution in [-0.4, -0.2) is 33.0 Å². The number of aryl methyl sites for hydroxylation is 1. The number of hydrogen-bond acceptors (Lipinski definition) is 6. The number of nitriles is 1. The highest BCUT2D eigenvalue weighted by atomic mass is 32.2. The zero-order valence-electron chi connectivity index (χ0n) is 23.8. The van der Waals surface area contributed by atoms with E-state index in [1.807, 2.05) is 48.5 Å². The average Bonchev–Trinajstić information content (AvgIpc) is 2.87. The summed E-state index contributed by atoms with van der Waals surface area (Å²) < 4.78 is 33.4. The van der Waals surface area contributed by atoms with Crippen LogP contribution in [0.15, 0.2) is 53.6 Å². The van der Waals surface area contributed by atoms with E-state index in [2.05, 4.69) is 21.1 Å². The Morgan fingerprint density at radius 3 is 2.23 bits per heavy atom. The van der Waals surface area contributed by atoms with Crippen LogP contribution in [0.5, 0.6) is 5.75 Å². The minimum Gasteiger partial charge on any atom is -0.495 e. The van der Waals surface area contributed by atoms with Gasteiger partial charge in [-0.05, 0) is 59.2 Å². The third kappa shape index (κ3) is 7.22. The number of benzene rings is 2. The molecule has 8 nitrogen and oxygen atoms in total. The van der Waals surface area contributed by atoms with E-state index in [0.717, 1.165) is 16.7 Å². The highest BCUT2D eigenvalue weighted by Gasteiger charge is 2.24. The number of anilines is 1. The van der Waals surface area contributed by atoms with Crippen molar-refractivity contribution < 1.29 is 17.9 Å². The summed E-state index contributed by atoms with van der Waals surface area (Å²) in [5.41, 5.74) is 3.56. The molecule has 1 amide bonds. The number of hydrogen-bond donors (Lipinski definition) is 2. The van der Waals surface area contributed by atoms with Gasteiger partial charge in [0.1, 0.15) is 11.8 Å². The van der Waals surface area contributed by atoms with Gasteiger partial charge in [0.05, 0.1) is 35.0 Å². The molecule has 9 heteroatoms. The van der Waals surface area contributed by atoms with Gasteiger partial charge in [-0.25, -0.2) is 13.1 Å². The zero-order chi connectivity index (χ0) is 29.2. The molecule has 0 aliphatic rings. The van der Waals surface area contributed by atoms with Gasteiger partial charge in [0.25, 0.3) is 5.91 Å². The second kappa shape index (κ2) is 11.2. The summed E-state index contributed by atoms with van der Waals surface area (Å²) in [4.78, 5) is 18.0. The van der Waals surface area contributed by atoms with Crippen molar-refractivity contribution in [3.8, 4) is 22.9 Å². The van der Waals surface area contributed by atoms with E-state index in [0.29, 0.717) is 17.9 Å². The molecule has 206 valence electrons. The van der Waals surface area contributed by atoms with Gasteiger partial charge in [-0.3, -0.25) is 9.78 Å². The van der Waals surface area contributed by atoms with Crippen molar-refractivity contribution in [2.75, 3.05) is 19.0 Å². The first-order valence-corrected chi connectivity index (χ1v) is 14.0. The van der Waals surface area contributed by atoms with Crippen molar-refractivity contribution in [3.63, 3.8) is 0 Å². The first kappa shape index (κ1) is 29.8. The first-order valence-electron chi connectivity index (χ1n) is 12.6. The van der Waals surface area contributed by atoms with E-state index < -0.39 is 15.9 Å². The topological polar surface area (TPSA) is 121 Å². The highest BCUT2D eigenvalue weighted by Crippen LogP contribution is 2.33. The van der Waals surface area contributed by atoms with Crippen LogP contribution >= 0.6 is 0 Å². The Hall–Kier alpha value is -3.74. The van der Waals surface area contributed by atoms with Gasteiger partial charge in [0.15, 0.2) is 0 Å². The number of nitrogens with one attached hydrogen (secondary N) is 2. The number of pyridine rings is 1. The number of amides is 1. The number of carbonyl (C=O) groups is 1. The van der Waals surface area contributed by atoms with Gasteiger partial charge in [0.2, 0.25) is 10.0 Å². The maximum atomic E-state index is 13.4. The SMILES string of the molecule is COc1c(C#N)cc(C(C)(C)C)cc1C(=O)Nc1cnc(C)c(-c2ccc(S(=O)(=O)NCC(C)(C)C)cc2)c1. The molecule has 0 saturated carbocycles. The number of rotatable bonds is 7. The summed E-state index contributed by atoms with van der Waals surface area (Å²) in [5, 5.41) is 12.5. The molecule has 0 unspecified atom stereocenters. The second-order valence-electron chi connectivity index (χ2n) is 11.7. The van der Waals surface area contributed by atoms with Crippen LogP contribution < -0.4 is 14.8 Å². The van der Waals surface area contributed by atoms with Crippen molar-refractivity contribution in [2.45, 2.75) is 58.8 Å². The van der Waals surface area contributed by atoms with E-state index >= 15 is 0 Å². The van der Waals surface area contributed by atoms with E-state index in [1.54, 1.807) is 48.7 Å². The maximum Gasteiger partial charge on any atom is 0.259 e. The van der Waals surface area contributed by atoms with E-state index in [9.17, 15) is 18.5 Å². The summed E-state index contributed by atoms with van der Waals surface area (Å²) in [6.45, 7) is 14.0. The monoisotopic (exact) mass is 548 g/mol. The van der Waals surface area contributed by atoms with Gasteiger partial charge in [-0.1, -0.05) is 53.7 Å². The quantitative estimate of drug-likeness (QED) is 0.384. The summed E-state index contributed by atoms with van der Waals surface area (Å²) in [5.74, 6) is -0.224. The largest absolute Gasteiger partial charge is 0.495 e. The molecule has 0 fully saturated rings. The molecule has 0 aliphatic heterocycles. The molecule has 2 aromatic carbocycles. The molecule has 1 heterocycles. The molecular formula is C30H36N4O4S. The zero-order valence-corrected chi connectivity index (χ0v) is 24.6. The molecule has 0 saturated heterocycles. The van der Waals surface area contributed by atoms with Crippen LogP contribution in [0, 0.1) is 23.7 Å². The van der Waals surface area contributed by atoms with E-state index in [-0.39, 0.29) is 32.6 Å². The molecule has 0 radical (unpaired) electrons. The third-order valence-electron chi connectivity index (χ3n) is 6.14. The number of ether oxygens (including phenoxy) is 1. The fraction of sp³-hybridized carbons (Fsp3) is 0.367. The van der Waals surface area contributed by atoms with Gasteiger partial charge in [-0.2, -0.15) is 5.26 Å². The third-order valence-corrected chi connectivity index (χ3v) is 7.55. The Morgan fingerprint density at radius 1 is 1.05 bits per heavy atom. The van der Waals surface area contributed by atoms with Crippen molar-refractivity contribution in [2.24, 2.45) is 5.41 Å². The van der Waals surface area contributed by atoms with Crippen molar-refractivity contribution in [1.29, 1.82) is 5.26 Å². The molecule has 39 heavy (non-hydrogen) atoms. The molecule has 0 atom stereocenters. The van der Waals surface area contributed by atoms with Gasteiger partial charge < -0.3 is 10.1 Å². The average molecular weight is 549 g/mol. The highest BCUT2D eigenvalue weighted by molar-refractivity contribution is 7.89. The Balaban J connectivity index is 1.92. The van der Waals surface area contributed by atoms with Crippen molar-refractivity contribution >= 4 is 21.6 Å². The smallest absolute Gasteiger partial charge is 0.259 e.